The van der Waals surface area contributed by atoms with Crippen LogP contribution in [0.2, 0.25) is 0 Å². The van der Waals surface area contributed by atoms with Crippen LogP contribution in [0, 0.1) is 27.7 Å². The van der Waals surface area contributed by atoms with Gasteiger partial charge in [-0.2, -0.15) is 4.39 Å². The molecule has 18 heavy (non-hydrogen) atoms. The van der Waals surface area contributed by atoms with E-state index in [4.69, 9.17) is 4.74 Å². The zero-order valence-corrected chi connectivity index (χ0v) is 11.2. The number of alkyl halides is 1. The highest BCUT2D eigenvalue weighted by Crippen LogP contribution is 2.26. The molecule has 0 aliphatic heterocycles. The standard InChI is InChI=1S/C11H12BrF2NO3/c1-2-7(5-12)6-18-11-4-8(13)10(15(16)17)3-9(11)14/h3-4,7H,2,5-6H2,1H3. The fourth-order valence-corrected chi connectivity index (χ4v) is 1.89. The molecule has 0 fully saturated rings. The van der Waals surface area contributed by atoms with E-state index in [0.717, 1.165) is 6.42 Å². The quantitative estimate of drug-likeness (QED) is 0.456. The molecule has 0 saturated carbocycles. The summed E-state index contributed by atoms with van der Waals surface area (Å²) in [5, 5.41) is 11.1. The highest BCUT2D eigenvalue weighted by atomic mass is 79.9. The van der Waals surface area contributed by atoms with Crippen molar-refractivity contribution in [2.45, 2.75) is 13.3 Å². The molecule has 4 nitrogen and oxygen atoms in total. The van der Waals surface area contributed by atoms with Gasteiger partial charge in [0.1, 0.15) is 0 Å². The second kappa shape index (κ2) is 6.63. The molecule has 1 rings (SSSR count). The average molecular weight is 324 g/mol. The minimum Gasteiger partial charge on any atom is -0.490 e. The Labute approximate surface area is 111 Å². The van der Waals surface area contributed by atoms with Crippen LogP contribution in [-0.2, 0) is 0 Å². The first-order valence-electron chi connectivity index (χ1n) is 5.31. The van der Waals surface area contributed by atoms with Crippen LogP contribution in [0.1, 0.15) is 13.3 Å². The maximum absolute atomic E-state index is 13.4. The molecule has 0 heterocycles. The molecule has 0 aliphatic carbocycles. The number of hydrogen-bond acceptors (Lipinski definition) is 3. The number of ether oxygens (including phenoxy) is 1. The molecular formula is C11H12BrF2NO3. The molecule has 1 aromatic rings. The maximum atomic E-state index is 13.4. The summed E-state index contributed by atoms with van der Waals surface area (Å²) < 4.78 is 31.8. The van der Waals surface area contributed by atoms with Gasteiger partial charge in [0.25, 0.3) is 0 Å². The molecule has 1 aromatic carbocycles. The van der Waals surface area contributed by atoms with Crippen molar-refractivity contribution in [1.29, 1.82) is 0 Å². The highest BCUT2D eigenvalue weighted by molar-refractivity contribution is 9.09. The van der Waals surface area contributed by atoms with E-state index in [-0.39, 0.29) is 18.3 Å². The molecule has 0 amide bonds. The zero-order chi connectivity index (χ0) is 13.7. The maximum Gasteiger partial charge on any atom is 0.307 e. The molecule has 0 N–H and O–H groups in total. The van der Waals surface area contributed by atoms with Crippen LogP contribution in [0.4, 0.5) is 14.5 Å². The van der Waals surface area contributed by atoms with Crippen LogP contribution >= 0.6 is 15.9 Å². The van der Waals surface area contributed by atoms with Crippen molar-refractivity contribution in [3.05, 3.63) is 33.9 Å². The topological polar surface area (TPSA) is 52.4 Å². The number of nitro benzene ring substituents is 1. The van der Waals surface area contributed by atoms with E-state index in [1.54, 1.807) is 0 Å². The van der Waals surface area contributed by atoms with E-state index in [0.29, 0.717) is 17.5 Å². The summed E-state index contributed by atoms with van der Waals surface area (Å²) in [4.78, 5) is 9.42. The molecule has 0 bridgehead atoms. The largest absolute Gasteiger partial charge is 0.490 e. The summed E-state index contributed by atoms with van der Waals surface area (Å²) >= 11 is 3.28. The molecule has 0 aromatic heterocycles. The SMILES string of the molecule is CCC(CBr)COc1cc(F)c([N+](=O)[O-])cc1F. The molecule has 0 spiro atoms. The van der Waals surface area contributed by atoms with E-state index < -0.39 is 22.2 Å². The summed E-state index contributed by atoms with van der Waals surface area (Å²) in [6.07, 6.45) is 0.822. The third kappa shape index (κ3) is 3.63. The van der Waals surface area contributed by atoms with E-state index in [2.05, 4.69) is 15.9 Å². The normalized spacial score (nSPS) is 12.2. The lowest BCUT2D eigenvalue weighted by Gasteiger charge is -2.13. The molecule has 1 unspecified atom stereocenters. The summed E-state index contributed by atoms with van der Waals surface area (Å²) in [5.41, 5.74) is -0.896. The first-order chi connectivity index (χ1) is 8.49. The van der Waals surface area contributed by atoms with Crippen LogP contribution in [-0.4, -0.2) is 16.9 Å². The number of rotatable bonds is 6. The Morgan fingerprint density at radius 3 is 2.61 bits per heavy atom. The second-order valence-electron chi connectivity index (χ2n) is 3.73. The summed E-state index contributed by atoms with van der Waals surface area (Å²) in [6, 6.07) is 1.23. The van der Waals surface area contributed by atoms with Crippen molar-refractivity contribution in [3.8, 4) is 5.75 Å². The molecule has 0 saturated heterocycles. The predicted octanol–water partition coefficient (Wildman–Crippen LogP) is 3.67. The van der Waals surface area contributed by atoms with Crippen molar-refractivity contribution in [2.75, 3.05) is 11.9 Å². The molecule has 7 heteroatoms. The lowest BCUT2D eigenvalue weighted by atomic mass is 10.1. The average Bonchev–Trinajstić information content (AvgIpc) is 2.33. The van der Waals surface area contributed by atoms with Crippen molar-refractivity contribution < 1.29 is 18.4 Å². The molecule has 0 radical (unpaired) electrons. The van der Waals surface area contributed by atoms with Gasteiger partial charge in [0, 0.05) is 17.3 Å². The van der Waals surface area contributed by atoms with Gasteiger partial charge in [-0.1, -0.05) is 22.9 Å². The van der Waals surface area contributed by atoms with Crippen molar-refractivity contribution in [1.82, 2.24) is 0 Å². The van der Waals surface area contributed by atoms with Crippen LogP contribution in [0.25, 0.3) is 0 Å². The fourth-order valence-electron chi connectivity index (χ4n) is 1.25. The Kier molecular flexibility index (Phi) is 5.46. The van der Waals surface area contributed by atoms with Crippen LogP contribution in [0.15, 0.2) is 12.1 Å². The Morgan fingerprint density at radius 1 is 1.44 bits per heavy atom. The first kappa shape index (κ1) is 14.8. The molecule has 1 atom stereocenters. The Morgan fingerprint density at radius 2 is 2.11 bits per heavy atom. The van der Waals surface area contributed by atoms with Gasteiger partial charge >= 0.3 is 5.69 Å². The van der Waals surface area contributed by atoms with Gasteiger partial charge in [-0.3, -0.25) is 10.1 Å². The number of nitrogens with zero attached hydrogens (tertiary/aromatic N) is 1. The number of hydrogen-bond donors (Lipinski definition) is 0. The van der Waals surface area contributed by atoms with Gasteiger partial charge < -0.3 is 4.74 Å². The molecule has 0 aliphatic rings. The lowest BCUT2D eigenvalue weighted by molar-refractivity contribution is -0.387. The smallest absolute Gasteiger partial charge is 0.307 e. The Hall–Kier alpha value is -1.24. The minimum atomic E-state index is -1.11. The number of benzene rings is 1. The van der Waals surface area contributed by atoms with Gasteiger partial charge in [-0.05, 0) is 6.42 Å². The van der Waals surface area contributed by atoms with Gasteiger partial charge in [0.05, 0.1) is 17.6 Å². The molecule has 100 valence electrons. The Balaban J connectivity index is 2.85. The van der Waals surface area contributed by atoms with E-state index >= 15 is 0 Å². The van der Waals surface area contributed by atoms with Gasteiger partial charge in [-0.25, -0.2) is 4.39 Å². The van der Waals surface area contributed by atoms with Crippen LogP contribution in [0.3, 0.4) is 0 Å². The van der Waals surface area contributed by atoms with Crippen molar-refractivity contribution in [2.24, 2.45) is 5.92 Å². The Bertz CT molecular complexity index is 439. The second-order valence-corrected chi connectivity index (χ2v) is 4.38. The van der Waals surface area contributed by atoms with Crippen molar-refractivity contribution >= 4 is 21.6 Å². The predicted molar refractivity (Wildman–Crippen MR) is 66.1 cm³/mol. The summed E-state index contributed by atoms with van der Waals surface area (Å²) in [6.45, 7) is 2.16. The van der Waals surface area contributed by atoms with Crippen molar-refractivity contribution in [3.63, 3.8) is 0 Å². The van der Waals surface area contributed by atoms with Gasteiger partial charge in [0.2, 0.25) is 5.82 Å². The van der Waals surface area contributed by atoms with E-state index in [1.807, 2.05) is 6.92 Å². The third-order valence-corrected chi connectivity index (χ3v) is 3.38. The third-order valence-electron chi connectivity index (χ3n) is 2.47. The lowest BCUT2D eigenvalue weighted by Crippen LogP contribution is -2.13. The summed E-state index contributed by atoms with van der Waals surface area (Å²) in [7, 11) is 0. The highest BCUT2D eigenvalue weighted by Gasteiger charge is 2.19. The van der Waals surface area contributed by atoms with E-state index in [1.165, 1.54) is 0 Å². The van der Waals surface area contributed by atoms with E-state index in [9.17, 15) is 18.9 Å². The zero-order valence-electron chi connectivity index (χ0n) is 9.66. The monoisotopic (exact) mass is 323 g/mol. The molecular weight excluding hydrogens is 312 g/mol. The fraction of sp³-hybridized carbons (Fsp3) is 0.455. The minimum absolute atomic E-state index is 0.169. The first-order valence-corrected chi connectivity index (χ1v) is 6.43. The van der Waals surface area contributed by atoms with Crippen LogP contribution in [0.5, 0.6) is 5.75 Å². The van der Waals surface area contributed by atoms with Gasteiger partial charge in [-0.15, -0.1) is 0 Å². The van der Waals surface area contributed by atoms with Gasteiger partial charge in [0.15, 0.2) is 11.6 Å². The number of halogens is 3. The number of nitro groups is 1. The summed E-state index contributed by atoms with van der Waals surface area (Å²) in [5.74, 6) is -2.18. The van der Waals surface area contributed by atoms with Crippen LogP contribution < -0.4 is 4.74 Å².